The summed E-state index contributed by atoms with van der Waals surface area (Å²) in [6.45, 7) is 0.480. The third-order valence-electron chi connectivity index (χ3n) is 2.76. The zero-order chi connectivity index (χ0) is 12.5. The standard InChI is InChI=1S/C13H10BrNO3/c14-9-3-4-12-11(6-9)15(13(16)8-18-12)7-10-2-1-5-17-10/h1-6H,7-8H2. The number of carbonyl (C=O) groups is 1. The van der Waals surface area contributed by atoms with Gasteiger partial charge in [0.15, 0.2) is 6.61 Å². The maximum atomic E-state index is 11.9. The molecule has 0 saturated heterocycles. The van der Waals surface area contributed by atoms with Gasteiger partial charge >= 0.3 is 0 Å². The Hall–Kier alpha value is -1.75. The van der Waals surface area contributed by atoms with Gasteiger partial charge in [0.05, 0.1) is 18.5 Å². The zero-order valence-corrected chi connectivity index (χ0v) is 11.0. The van der Waals surface area contributed by atoms with Crippen molar-refractivity contribution in [2.24, 2.45) is 0 Å². The zero-order valence-electron chi connectivity index (χ0n) is 9.43. The van der Waals surface area contributed by atoms with Crippen LogP contribution in [-0.2, 0) is 11.3 Å². The molecule has 0 fully saturated rings. The van der Waals surface area contributed by atoms with E-state index in [0.717, 1.165) is 15.9 Å². The molecule has 2 heterocycles. The summed E-state index contributed by atoms with van der Waals surface area (Å²) < 4.78 is 11.6. The number of rotatable bonds is 2. The van der Waals surface area contributed by atoms with Gasteiger partial charge in [0.25, 0.3) is 5.91 Å². The molecule has 2 aromatic rings. The average Bonchev–Trinajstić information content (AvgIpc) is 2.86. The SMILES string of the molecule is O=C1COc2ccc(Br)cc2N1Cc1ccco1. The lowest BCUT2D eigenvalue weighted by molar-refractivity contribution is -0.121. The summed E-state index contributed by atoms with van der Waals surface area (Å²) in [7, 11) is 0. The van der Waals surface area contributed by atoms with Crippen LogP contribution in [0.5, 0.6) is 5.75 Å². The number of amides is 1. The van der Waals surface area contributed by atoms with Gasteiger partial charge in [-0.1, -0.05) is 15.9 Å². The fourth-order valence-electron chi connectivity index (χ4n) is 1.91. The summed E-state index contributed by atoms with van der Waals surface area (Å²) in [6, 6.07) is 9.26. The molecular weight excluding hydrogens is 298 g/mol. The van der Waals surface area contributed by atoms with E-state index in [1.807, 2.05) is 30.3 Å². The molecule has 1 amide bonds. The number of ether oxygens (including phenoxy) is 1. The van der Waals surface area contributed by atoms with Gasteiger partial charge in [-0.25, -0.2) is 0 Å². The monoisotopic (exact) mass is 307 g/mol. The summed E-state index contributed by atoms with van der Waals surface area (Å²) in [5, 5.41) is 0. The second-order valence-electron chi connectivity index (χ2n) is 3.96. The highest BCUT2D eigenvalue weighted by molar-refractivity contribution is 9.10. The first-order chi connectivity index (χ1) is 8.74. The van der Waals surface area contributed by atoms with Crippen LogP contribution in [-0.4, -0.2) is 12.5 Å². The molecule has 0 bridgehead atoms. The molecule has 0 spiro atoms. The maximum Gasteiger partial charge on any atom is 0.265 e. The van der Waals surface area contributed by atoms with E-state index < -0.39 is 0 Å². The minimum absolute atomic E-state index is 0.0648. The molecule has 92 valence electrons. The highest BCUT2D eigenvalue weighted by atomic mass is 79.9. The minimum atomic E-state index is -0.0722. The second-order valence-corrected chi connectivity index (χ2v) is 4.88. The quantitative estimate of drug-likeness (QED) is 0.856. The highest BCUT2D eigenvalue weighted by Gasteiger charge is 2.26. The molecule has 1 aromatic carbocycles. The van der Waals surface area contributed by atoms with Crippen molar-refractivity contribution in [1.82, 2.24) is 0 Å². The van der Waals surface area contributed by atoms with Crippen molar-refractivity contribution in [2.45, 2.75) is 6.54 Å². The lowest BCUT2D eigenvalue weighted by atomic mass is 10.2. The molecule has 0 radical (unpaired) electrons. The molecule has 18 heavy (non-hydrogen) atoms. The van der Waals surface area contributed by atoms with Crippen molar-refractivity contribution in [1.29, 1.82) is 0 Å². The van der Waals surface area contributed by atoms with Crippen LogP contribution >= 0.6 is 15.9 Å². The number of nitrogens with zero attached hydrogens (tertiary/aromatic N) is 1. The number of carbonyl (C=O) groups excluding carboxylic acids is 1. The number of hydrogen-bond acceptors (Lipinski definition) is 3. The Bertz CT molecular complexity index is 580. The molecule has 0 saturated carbocycles. The van der Waals surface area contributed by atoms with E-state index in [9.17, 15) is 4.79 Å². The Morgan fingerprint density at radius 3 is 3.00 bits per heavy atom. The van der Waals surface area contributed by atoms with Gasteiger partial charge in [-0.15, -0.1) is 0 Å². The number of halogens is 1. The van der Waals surface area contributed by atoms with Gasteiger partial charge in [-0.3, -0.25) is 9.69 Å². The fourth-order valence-corrected chi connectivity index (χ4v) is 2.26. The van der Waals surface area contributed by atoms with Crippen molar-refractivity contribution < 1.29 is 13.9 Å². The second kappa shape index (κ2) is 4.49. The summed E-state index contributed by atoms with van der Waals surface area (Å²) >= 11 is 3.40. The van der Waals surface area contributed by atoms with Crippen molar-refractivity contribution in [2.75, 3.05) is 11.5 Å². The maximum absolute atomic E-state index is 11.9. The van der Waals surface area contributed by atoms with E-state index in [4.69, 9.17) is 9.15 Å². The predicted octanol–water partition coefficient (Wildman–Crippen LogP) is 2.97. The van der Waals surface area contributed by atoms with Crippen LogP contribution in [0.25, 0.3) is 0 Å². The van der Waals surface area contributed by atoms with Crippen molar-refractivity contribution in [3.05, 3.63) is 46.8 Å². The largest absolute Gasteiger partial charge is 0.482 e. The normalized spacial score (nSPS) is 14.3. The number of benzene rings is 1. The van der Waals surface area contributed by atoms with Gasteiger partial charge in [-0.05, 0) is 30.3 Å². The third-order valence-corrected chi connectivity index (χ3v) is 3.25. The summed E-state index contributed by atoms with van der Waals surface area (Å²) in [5.41, 5.74) is 0.761. The lowest BCUT2D eigenvalue weighted by Gasteiger charge is -2.28. The minimum Gasteiger partial charge on any atom is -0.482 e. The molecule has 5 heteroatoms. The van der Waals surface area contributed by atoms with Crippen LogP contribution in [0.1, 0.15) is 5.76 Å². The molecule has 1 aromatic heterocycles. The Balaban J connectivity index is 1.98. The Morgan fingerprint density at radius 1 is 1.33 bits per heavy atom. The van der Waals surface area contributed by atoms with Gasteiger partial charge in [0, 0.05) is 4.47 Å². The smallest absolute Gasteiger partial charge is 0.265 e. The van der Waals surface area contributed by atoms with E-state index in [1.54, 1.807) is 11.2 Å². The lowest BCUT2D eigenvalue weighted by Crippen LogP contribution is -2.38. The first-order valence-corrected chi connectivity index (χ1v) is 6.28. The number of hydrogen-bond donors (Lipinski definition) is 0. The Kier molecular flexibility index (Phi) is 2.83. The molecule has 1 aliphatic heterocycles. The third kappa shape index (κ3) is 2.01. The van der Waals surface area contributed by atoms with Crippen LogP contribution in [0.15, 0.2) is 45.5 Å². The molecule has 0 atom stereocenters. The van der Waals surface area contributed by atoms with Gasteiger partial charge in [0.1, 0.15) is 11.5 Å². The average molecular weight is 308 g/mol. The van der Waals surface area contributed by atoms with E-state index in [1.165, 1.54) is 0 Å². The molecule has 0 N–H and O–H groups in total. The number of anilines is 1. The first kappa shape index (κ1) is 11.3. The van der Waals surface area contributed by atoms with E-state index in [0.29, 0.717) is 12.3 Å². The van der Waals surface area contributed by atoms with Crippen molar-refractivity contribution >= 4 is 27.5 Å². The van der Waals surface area contributed by atoms with Crippen molar-refractivity contribution in [3.63, 3.8) is 0 Å². The molecule has 0 unspecified atom stereocenters. The summed E-state index contributed by atoms with van der Waals surface area (Å²) in [4.78, 5) is 13.6. The van der Waals surface area contributed by atoms with Gasteiger partial charge < -0.3 is 9.15 Å². The first-order valence-electron chi connectivity index (χ1n) is 5.49. The Morgan fingerprint density at radius 2 is 2.22 bits per heavy atom. The molecule has 0 aliphatic carbocycles. The number of furan rings is 1. The van der Waals surface area contributed by atoms with Crippen LogP contribution in [0.3, 0.4) is 0 Å². The van der Waals surface area contributed by atoms with Gasteiger partial charge in [-0.2, -0.15) is 0 Å². The van der Waals surface area contributed by atoms with Crippen LogP contribution in [0.4, 0.5) is 5.69 Å². The fraction of sp³-hybridized carbons (Fsp3) is 0.154. The highest BCUT2D eigenvalue weighted by Crippen LogP contribution is 2.35. The summed E-state index contributed by atoms with van der Waals surface area (Å²) in [5.74, 6) is 1.39. The number of fused-ring (bicyclic) bond motifs is 1. The van der Waals surface area contributed by atoms with E-state index in [-0.39, 0.29) is 12.5 Å². The molecule has 3 rings (SSSR count). The van der Waals surface area contributed by atoms with Crippen LogP contribution in [0.2, 0.25) is 0 Å². The van der Waals surface area contributed by atoms with Crippen LogP contribution < -0.4 is 9.64 Å². The molecular formula is C13H10BrNO3. The predicted molar refractivity (Wildman–Crippen MR) is 69.5 cm³/mol. The Labute approximate surface area is 112 Å². The topological polar surface area (TPSA) is 42.7 Å². The summed E-state index contributed by atoms with van der Waals surface area (Å²) in [6.07, 6.45) is 1.60. The van der Waals surface area contributed by atoms with Crippen LogP contribution in [0, 0.1) is 0 Å². The van der Waals surface area contributed by atoms with E-state index >= 15 is 0 Å². The van der Waals surface area contributed by atoms with E-state index in [2.05, 4.69) is 15.9 Å². The molecule has 1 aliphatic rings. The van der Waals surface area contributed by atoms with Gasteiger partial charge in [0.2, 0.25) is 0 Å². The molecule has 4 nitrogen and oxygen atoms in total. The van der Waals surface area contributed by atoms with Crippen molar-refractivity contribution in [3.8, 4) is 5.75 Å².